The summed E-state index contributed by atoms with van der Waals surface area (Å²) in [6.07, 6.45) is 53.4. The molecule has 0 radical (unpaired) electrons. The van der Waals surface area contributed by atoms with Crippen molar-refractivity contribution in [1.82, 2.24) is 4.57 Å². The Bertz CT molecular complexity index is 677. The molecule has 0 bridgehead atoms. The van der Waals surface area contributed by atoms with Crippen molar-refractivity contribution < 1.29 is 4.57 Å². The number of nitrogens with zero attached hydrogens (tertiary/aromatic N) is 2. The lowest BCUT2D eigenvalue weighted by molar-refractivity contribution is -0.704. The summed E-state index contributed by atoms with van der Waals surface area (Å²) in [6.45, 7) is 9.41. The van der Waals surface area contributed by atoms with Crippen molar-refractivity contribution in [2.75, 3.05) is 0 Å². The van der Waals surface area contributed by atoms with Crippen LogP contribution in [0.1, 0.15) is 238 Å². The first-order valence-electron chi connectivity index (χ1n) is 20.9. The number of hydrogen-bond acceptors (Lipinski definition) is 0. The van der Waals surface area contributed by atoms with Gasteiger partial charge in [-0.05, 0) is 32.1 Å². The molecule has 0 aliphatic carbocycles. The fourth-order valence-electron chi connectivity index (χ4n) is 7.03. The van der Waals surface area contributed by atoms with E-state index < -0.39 is 0 Å². The lowest BCUT2D eigenvalue weighted by Crippen LogP contribution is -2.37. The van der Waals surface area contributed by atoms with E-state index in [9.17, 15) is 0 Å². The molecule has 0 aliphatic heterocycles. The smallest absolute Gasteiger partial charge is 0.234 e. The molecule has 1 aromatic rings. The molecule has 44 heavy (non-hydrogen) atoms. The Balaban J connectivity index is 2.28. The van der Waals surface area contributed by atoms with Crippen molar-refractivity contribution in [2.24, 2.45) is 0 Å². The molecule has 0 aliphatic rings. The molecule has 1 rings (SSSR count). The lowest BCUT2D eigenvalue weighted by atomic mass is 10.0. The van der Waals surface area contributed by atoms with Gasteiger partial charge in [0.15, 0.2) is 0 Å². The van der Waals surface area contributed by atoms with Gasteiger partial charge >= 0.3 is 0 Å². The van der Waals surface area contributed by atoms with E-state index in [-0.39, 0.29) is 0 Å². The quantitative estimate of drug-likeness (QED) is 0.0524. The molecule has 0 saturated heterocycles. The van der Waals surface area contributed by atoms with Gasteiger partial charge < -0.3 is 0 Å². The second kappa shape index (κ2) is 33.6. The normalized spacial score (nSPS) is 11.6. The largest absolute Gasteiger partial charge is 0.256 e. The Morgan fingerprint density at radius 1 is 0.386 bits per heavy atom. The Hall–Kier alpha value is -0.790. The molecule has 2 heteroatoms. The molecule has 0 fully saturated rings. The molecule has 0 amide bonds. The summed E-state index contributed by atoms with van der Waals surface area (Å²) < 4.78 is 5.28. The van der Waals surface area contributed by atoms with Gasteiger partial charge in [0.1, 0.15) is 12.4 Å². The zero-order valence-corrected chi connectivity index (χ0v) is 31.0. The average Bonchev–Trinajstić information content (AvgIpc) is 3.42. The Kier molecular flexibility index (Phi) is 31.5. The molecule has 1 heterocycles. The monoisotopic (exact) mass is 616 g/mol. The van der Waals surface area contributed by atoms with Crippen molar-refractivity contribution >= 4 is 0 Å². The number of aromatic nitrogens is 2. The minimum absolute atomic E-state index is 1.23. The van der Waals surface area contributed by atoms with E-state index >= 15 is 0 Å². The molecule has 0 atom stereocenters. The third-order valence-electron chi connectivity index (χ3n) is 10.1. The summed E-state index contributed by atoms with van der Waals surface area (Å²) >= 11 is 0. The van der Waals surface area contributed by atoms with Crippen molar-refractivity contribution in [3.05, 3.63) is 18.2 Å². The summed E-state index contributed by atoms with van der Waals surface area (Å²) in [5.41, 5.74) is 0. The van der Waals surface area contributed by atoms with Crippen molar-refractivity contribution in [3.63, 3.8) is 0 Å². The van der Waals surface area contributed by atoms with Gasteiger partial charge in [-0.15, -0.1) is 0 Å². The third-order valence-corrected chi connectivity index (χ3v) is 10.1. The topological polar surface area (TPSA) is 8.81 Å². The van der Waals surface area contributed by atoms with E-state index in [0.29, 0.717) is 0 Å². The van der Waals surface area contributed by atoms with Crippen LogP contribution in [-0.4, -0.2) is 4.57 Å². The van der Waals surface area contributed by atoms with Gasteiger partial charge in [-0.2, -0.15) is 0 Å². The average molecular weight is 616 g/mol. The standard InChI is InChI=1S/C42H83N2/c1-4-7-10-13-16-19-21-23-25-27-30-33-36-39-44-41-40-43(38-35-32-29-18-15-12-9-6-3)42(44)37-34-31-28-26-24-22-20-17-14-11-8-5-2/h40-41H,4-39H2,1-3H3/q+1. The van der Waals surface area contributed by atoms with Crippen LogP contribution in [0.3, 0.4) is 0 Å². The van der Waals surface area contributed by atoms with Crippen LogP contribution >= 0.6 is 0 Å². The number of unbranched alkanes of at least 4 members (excludes halogenated alkanes) is 30. The first-order chi connectivity index (χ1) is 21.8. The Morgan fingerprint density at radius 2 is 0.705 bits per heavy atom. The second-order valence-electron chi connectivity index (χ2n) is 14.5. The molecule has 0 saturated carbocycles. The van der Waals surface area contributed by atoms with E-state index in [1.807, 2.05) is 0 Å². The highest BCUT2D eigenvalue weighted by molar-refractivity contribution is 4.84. The van der Waals surface area contributed by atoms with Crippen LogP contribution < -0.4 is 4.57 Å². The van der Waals surface area contributed by atoms with Gasteiger partial charge in [0.2, 0.25) is 0 Å². The van der Waals surface area contributed by atoms with E-state index in [2.05, 4.69) is 42.3 Å². The molecule has 2 nitrogen and oxygen atoms in total. The molecule has 0 N–H and O–H groups in total. The van der Waals surface area contributed by atoms with E-state index in [1.54, 1.807) is 5.82 Å². The predicted octanol–water partition coefficient (Wildman–Crippen LogP) is 14.3. The van der Waals surface area contributed by atoms with Crippen LogP contribution in [0, 0.1) is 0 Å². The molecular formula is C42H83N2+. The first-order valence-corrected chi connectivity index (χ1v) is 20.9. The summed E-state index contributed by atoms with van der Waals surface area (Å²) in [4.78, 5) is 0. The van der Waals surface area contributed by atoms with Gasteiger partial charge in [0.05, 0.1) is 13.1 Å². The summed E-state index contributed by atoms with van der Waals surface area (Å²) in [7, 11) is 0. The highest BCUT2D eigenvalue weighted by atomic mass is 15.1. The molecule has 1 aromatic heterocycles. The summed E-state index contributed by atoms with van der Waals surface area (Å²) in [5.74, 6) is 1.62. The number of hydrogen-bond donors (Lipinski definition) is 0. The number of imidazole rings is 1. The minimum atomic E-state index is 1.23. The zero-order valence-electron chi connectivity index (χ0n) is 31.0. The first kappa shape index (κ1) is 41.2. The fraction of sp³-hybridized carbons (Fsp3) is 0.929. The minimum Gasteiger partial charge on any atom is -0.234 e. The van der Waals surface area contributed by atoms with E-state index in [1.165, 1.54) is 231 Å². The summed E-state index contributed by atoms with van der Waals surface area (Å²) in [6, 6.07) is 0. The lowest BCUT2D eigenvalue weighted by Gasteiger charge is -2.07. The zero-order chi connectivity index (χ0) is 31.6. The molecule has 260 valence electrons. The van der Waals surface area contributed by atoms with Crippen LogP contribution in [0.25, 0.3) is 0 Å². The van der Waals surface area contributed by atoms with Gasteiger partial charge in [-0.1, -0.05) is 201 Å². The van der Waals surface area contributed by atoms with Gasteiger partial charge in [-0.3, -0.25) is 0 Å². The molecular weight excluding hydrogens is 532 g/mol. The highest BCUT2D eigenvalue weighted by Crippen LogP contribution is 2.15. The van der Waals surface area contributed by atoms with E-state index in [4.69, 9.17) is 0 Å². The maximum absolute atomic E-state index is 2.64. The molecule has 0 spiro atoms. The number of aryl methyl sites for hydroxylation is 2. The highest BCUT2D eigenvalue weighted by Gasteiger charge is 2.16. The van der Waals surface area contributed by atoms with Crippen LogP contribution in [0.2, 0.25) is 0 Å². The maximum atomic E-state index is 2.64. The SMILES string of the molecule is CCCCCCCCCCCCCCC[n+]1ccn(CCCCCCCCCC)c1CCCCCCCCCCCCCC. The van der Waals surface area contributed by atoms with Crippen molar-refractivity contribution in [3.8, 4) is 0 Å². The molecule has 0 unspecified atom stereocenters. The maximum Gasteiger partial charge on any atom is 0.256 e. The van der Waals surface area contributed by atoms with Crippen LogP contribution in [-0.2, 0) is 19.5 Å². The van der Waals surface area contributed by atoms with E-state index in [0.717, 1.165) is 0 Å². The third kappa shape index (κ3) is 25.4. The second-order valence-corrected chi connectivity index (χ2v) is 14.5. The number of rotatable bonds is 36. The van der Waals surface area contributed by atoms with Crippen molar-refractivity contribution in [1.29, 1.82) is 0 Å². The van der Waals surface area contributed by atoms with Crippen LogP contribution in [0.5, 0.6) is 0 Å². The Labute approximate surface area is 279 Å². The van der Waals surface area contributed by atoms with Gasteiger partial charge in [0.25, 0.3) is 5.82 Å². The van der Waals surface area contributed by atoms with Gasteiger partial charge in [0, 0.05) is 6.42 Å². The van der Waals surface area contributed by atoms with Gasteiger partial charge in [-0.25, -0.2) is 9.13 Å². The predicted molar refractivity (Wildman–Crippen MR) is 198 cm³/mol. The van der Waals surface area contributed by atoms with Crippen molar-refractivity contribution in [2.45, 2.75) is 252 Å². The van der Waals surface area contributed by atoms with Crippen LogP contribution in [0.15, 0.2) is 12.4 Å². The van der Waals surface area contributed by atoms with Crippen LogP contribution in [0.4, 0.5) is 0 Å². The fourth-order valence-corrected chi connectivity index (χ4v) is 7.03. The Morgan fingerprint density at radius 3 is 1.09 bits per heavy atom. The molecule has 0 aromatic carbocycles. The summed E-state index contributed by atoms with van der Waals surface area (Å²) in [5, 5.41) is 0.